The fourth-order valence-electron chi connectivity index (χ4n) is 2.10. The van der Waals surface area contributed by atoms with E-state index in [1.54, 1.807) is 0 Å². The van der Waals surface area contributed by atoms with Gasteiger partial charge in [-0.15, -0.1) is 0 Å². The molecule has 6 nitrogen and oxygen atoms in total. The van der Waals surface area contributed by atoms with Crippen LogP contribution < -0.4 is 10.3 Å². The van der Waals surface area contributed by atoms with E-state index in [0.717, 1.165) is 10.6 Å². The Morgan fingerprint density at radius 2 is 1.92 bits per heavy atom. The van der Waals surface area contributed by atoms with Gasteiger partial charge < -0.3 is 0 Å². The molecule has 0 bridgehead atoms. The average molecular weight is 393 g/mol. The zero-order valence-electron chi connectivity index (χ0n) is 13.5. The van der Waals surface area contributed by atoms with Gasteiger partial charge in [-0.1, -0.05) is 6.92 Å². The van der Waals surface area contributed by atoms with Gasteiger partial charge in [-0.25, -0.2) is 22.5 Å². The molecule has 0 amide bonds. The monoisotopic (exact) mass is 393 g/mol. The van der Waals surface area contributed by atoms with Crippen LogP contribution in [0.2, 0.25) is 0 Å². The number of hydrogen-bond donors (Lipinski definition) is 1. The van der Waals surface area contributed by atoms with Crippen LogP contribution in [0.5, 0.6) is 0 Å². The Morgan fingerprint density at radius 1 is 1.23 bits per heavy atom. The van der Waals surface area contributed by atoms with E-state index in [2.05, 4.69) is 9.71 Å². The van der Waals surface area contributed by atoms with Crippen molar-refractivity contribution in [1.29, 1.82) is 0 Å². The van der Waals surface area contributed by atoms with Crippen LogP contribution in [0, 0.1) is 5.82 Å². The van der Waals surface area contributed by atoms with Crippen LogP contribution in [-0.2, 0) is 29.2 Å². The normalized spacial score (nSPS) is 12.3. The summed E-state index contributed by atoms with van der Waals surface area (Å²) in [5.41, 5.74) is -1.47. The molecule has 0 fully saturated rings. The number of nitrogens with one attached hydrogen (secondary N) is 1. The largest absolute Gasteiger partial charge is 0.419 e. The predicted octanol–water partition coefficient (Wildman–Crippen LogP) is 1.94. The molecule has 0 aliphatic carbocycles. The number of aromatic nitrogens is 2. The van der Waals surface area contributed by atoms with Crippen molar-refractivity contribution < 1.29 is 26.0 Å². The van der Waals surface area contributed by atoms with Crippen LogP contribution in [0.1, 0.15) is 18.2 Å². The van der Waals surface area contributed by atoms with Crippen LogP contribution in [-0.4, -0.2) is 24.5 Å². The third kappa shape index (κ3) is 4.67. The Hall–Kier alpha value is -2.27. The number of nitrogens with zero attached hydrogens (tertiary/aromatic N) is 2. The first kappa shape index (κ1) is 20.0. The van der Waals surface area contributed by atoms with Gasteiger partial charge in [0.15, 0.2) is 0 Å². The smallest absolute Gasteiger partial charge is 0.298 e. The van der Waals surface area contributed by atoms with E-state index >= 15 is 0 Å². The van der Waals surface area contributed by atoms with Crippen molar-refractivity contribution in [1.82, 2.24) is 14.3 Å². The van der Waals surface area contributed by atoms with Gasteiger partial charge in [-0.2, -0.15) is 13.2 Å². The standard InChI is InChI=1S/C15H15F4N3O3S/c1-2-10-7-14(23)22(9-20-10)6-5-21-26(24,25)11-3-4-13(16)12(8-11)15(17,18)19/h3-4,7-9,21H,2,5-6H2,1H3. The molecule has 0 unspecified atom stereocenters. The van der Waals surface area contributed by atoms with Crippen molar-refractivity contribution in [3.05, 3.63) is 58.0 Å². The topological polar surface area (TPSA) is 81.1 Å². The molecule has 2 aromatic rings. The third-order valence-corrected chi connectivity index (χ3v) is 4.96. The summed E-state index contributed by atoms with van der Waals surface area (Å²) >= 11 is 0. The van der Waals surface area contributed by atoms with Gasteiger partial charge in [-0.05, 0) is 24.6 Å². The third-order valence-electron chi connectivity index (χ3n) is 3.50. The maximum atomic E-state index is 13.3. The highest BCUT2D eigenvalue weighted by molar-refractivity contribution is 7.89. The molecule has 1 aromatic heterocycles. The van der Waals surface area contributed by atoms with Gasteiger partial charge in [0, 0.05) is 24.8 Å². The molecule has 0 spiro atoms. The Labute approximate surface area is 146 Å². The van der Waals surface area contributed by atoms with E-state index in [4.69, 9.17) is 0 Å². The zero-order valence-corrected chi connectivity index (χ0v) is 14.4. The van der Waals surface area contributed by atoms with Crippen LogP contribution in [0.15, 0.2) is 40.3 Å². The number of alkyl halides is 3. The maximum absolute atomic E-state index is 13.3. The molecular formula is C15H15F4N3O3S. The highest BCUT2D eigenvalue weighted by atomic mass is 32.2. The molecule has 0 saturated carbocycles. The molecule has 1 aromatic carbocycles. The first-order valence-electron chi connectivity index (χ1n) is 7.46. The number of aryl methyl sites for hydroxylation is 1. The molecule has 1 heterocycles. The van der Waals surface area contributed by atoms with E-state index in [9.17, 15) is 30.8 Å². The molecule has 0 atom stereocenters. The molecule has 11 heteroatoms. The first-order valence-corrected chi connectivity index (χ1v) is 8.94. The van der Waals surface area contributed by atoms with Crippen LogP contribution in [0.3, 0.4) is 0 Å². The van der Waals surface area contributed by atoms with E-state index in [1.165, 1.54) is 12.4 Å². The fourth-order valence-corrected chi connectivity index (χ4v) is 3.14. The number of benzene rings is 1. The molecule has 0 aliphatic rings. The summed E-state index contributed by atoms with van der Waals surface area (Å²) in [5, 5.41) is 0. The summed E-state index contributed by atoms with van der Waals surface area (Å²) in [4.78, 5) is 15.1. The summed E-state index contributed by atoms with van der Waals surface area (Å²) in [6.07, 6.45) is -3.19. The summed E-state index contributed by atoms with van der Waals surface area (Å²) in [6, 6.07) is 2.71. The van der Waals surface area contributed by atoms with Crippen molar-refractivity contribution in [2.24, 2.45) is 0 Å². The SMILES string of the molecule is CCc1cc(=O)n(CCNS(=O)(=O)c2ccc(F)c(C(F)(F)F)c2)cn1. The van der Waals surface area contributed by atoms with E-state index in [0.29, 0.717) is 18.2 Å². The Bertz CT molecular complexity index is 955. The maximum Gasteiger partial charge on any atom is 0.419 e. The van der Waals surface area contributed by atoms with Crippen LogP contribution in [0.25, 0.3) is 0 Å². The molecular weight excluding hydrogens is 378 g/mol. The van der Waals surface area contributed by atoms with Crippen molar-refractivity contribution in [2.75, 3.05) is 6.54 Å². The van der Waals surface area contributed by atoms with Gasteiger partial charge in [0.2, 0.25) is 10.0 Å². The van der Waals surface area contributed by atoms with Crippen molar-refractivity contribution in [3.8, 4) is 0 Å². The number of halogens is 4. The minimum absolute atomic E-state index is 0.0671. The number of rotatable bonds is 6. The van der Waals surface area contributed by atoms with E-state index in [-0.39, 0.29) is 24.7 Å². The highest BCUT2D eigenvalue weighted by Crippen LogP contribution is 2.32. The summed E-state index contributed by atoms with van der Waals surface area (Å²) < 4.78 is 78.8. The lowest BCUT2D eigenvalue weighted by atomic mass is 10.2. The van der Waals surface area contributed by atoms with Gasteiger partial charge in [-0.3, -0.25) is 9.36 Å². The first-order chi connectivity index (χ1) is 12.0. The average Bonchev–Trinajstić information content (AvgIpc) is 2.55. The van der Waals surface area contributed by atoms with Gasteiger partial charge in [0.25, 0.3) is 5.56 Å². The molecule has 0 saturated heterocycles. The fraction of sp³-hybridized carbons (Fsp3) is 0.333. The van der Waals surface area contributed by atoms with E-state index in [1.807, 2.05) is 6.92 Å². The molecule has 0 radical (unpaired) electrons. The summed E-state index contributed by atoms with van der Waals surface area (Å²) in [5.74, 6) is -1.56. The molecule has 0 aliphatic heterocycles. The Morgan fingerprint density at radius 3 is 2.50 bits per heavy atom. The highest BCUT2D eigenvalue weighted by Gasteiger charge is 2.35. The van der Waals surface area contributed by atoms with Crippen molar-refractivity contribution >= 4 is 10.0 Å². The van der Waals surface area contributed by atoms with Crippen LogP contribution in [0.4, 0.5) is 17.6 Å². The Kier molecular flexibility index (Phi) is 5.81. The molecule has 26 heavy (non-hydrogen) atoms. The minimum atomic E-state index is -5.02. The van der Waals surface area contributed by atoms with Crippen LogP contribution >= 0.6 is 0 Å². The number of sulfonamides is 1. The number of hydrogen-bond acceptors (Lipinski definition) is 4. The lowest BCUT2D eigenvalue weighted by Crippen LogP contribution is -2.31. The summed E-state index contributed by atoms with van der Waals surface area (Å²) in [6.45, 7) is 1.49. The zero-order chi connectivity index (χ0) is 19.5. The quantitative estimate of drug-likeness (QED) is 0.761. The minimum Gasteiger partial charge on any atom is -0.298 e. The van der Waals surface area contributed by atoms with E-state index < -0.39 is 32.5 Å². The molecule has 142 valence electrons. The lowest BCUT2D eigenvalue weighted by Gasteiger charge is -2.12. The van der Waals surface area contributed by atoms with Crippen molar-refractivity contribution in [3.63, 3.8) is 0 Å². The second kappa shape index (κ2) is 7.54. The molecule has 1 N–H and O–H groups in total. The van der Waals surface area contributed by atoms with Gasteiger partial charge in [0.1, 0.15) is 5.82 Å². The second-order valence-electron chi connectivity index (χ2n) is 5.30. The summed E-state index contributed by atoms with van der Waals surface area (Å²) in [7, 11) is -4.31. The van der Waals surface area contributed by atoms with Gasteiger partial charge >= 0.3 is 6.18 Å². The van der Waals surface area contributed by atoms with Crippen molar-refractivity contribution in [2.45, 2.75) is 31.0 Å². The Balaban J connectivity index is 2.13. The molecule has 2 rings (SSSR count). The van der Waals surface area contributed by atoms with Gasteiger partial charge in [0.05, 0.1) is 16.8 Å². The lowest BCUT2D eigenvalue weighted by molar-refractivity contribution is -0.140. The predicted molar refractivity (Wildman–Crippen MR) is 84.5 cm³/mol. The second-order valence-corrected chi connectivity index (χ2v) is 7.07.